The predicted molar refractivity (Wildman–Crippen MR) is 86.2 cm³/mol. The van der Waals surface area contributed by atoms with Crippen molar-refractivity contribution in [3.8, 4) is 0 Å². The third-order valence-electron chi connectivity index (χ3n) is 3.68. The van der Waals surface area contributed by atoms with Crippen molar-refractivity contribution in [2.45, 2.75) is 25.9 Å². The zero-order chi connectivity index (χ0) is 16.2. The molecule has 118 valence electrons. The van der Waals surface area contributed by atoms with Crippen LogP contribution >= 0.6 is 11.3 Å². The van der Waals surface area contributed by atoms with Crippen molar-refractivity contribution >= 4 is 17.2 Å². The van der Waals surface area contributed by atoms with Gasteiger partial charge in [-0.2, -0.15) is 11.3 Å². The van der Waals surface area contributed by atoms with Crippen LogP contribution in [-0.4, -0.2) is 17.6 Å². The average molecular weight is 321 g/mol. The van der Waals surface area contributed by atoms with Crippen molar-refractivity contribution in [3.63, 3.8) is 0 Å². The molecule has 5 heteroatoms. The molecule has 0 bridgehead atoms. The highest BCUT2D eigenvalue weighted by Crippen LogP contribution is 2.22. The van der Waals surface area contributed by atoms with E-state index >= 15 is 0 Å². The average Bonchev–Trinajstić information content (AvgIpc) is 3.02. The molecule has 2 atom stereocenters. The van der Waals surface area contributed by atoms with Crippen LogP contribution < -0.4 is 5.32 Å². The predicted octanol–water partition coefficient (Wildman–Crippen LogP) is 3.09. The standard InChI is InChI=1S/C17H20FNO2S/c1-12(9-13-5-3-4-6-15(13)18)16(20)19-11-17(2,21)14-7-8-22-10-14/h3-8,10,12,21H,9,11H2,1-2H3,(H,19,20). The Kier molecular flexibility index (Phi) is 5.32. The summed E-state index contributed by atoms with van der Waals surface area (Å²) >= 11 is 1.50. The first-order valence-corrected chi connectivity index (χ1v) is 8.10. The molecule has 2 aromatic rings. The zero-order valence-electron chi connectivity index (χ0n) is 12.7. The number of hydrogen-bond acceptors (Lipinski definition) is 3. The van der Waals surface area contributed by atoms with Crippen molar-refractivity contribution in [3.05, 3.63) is 58.0 Å². The Hall–Kier alpha value is -1.72. The first-order chi connectivity index (χ1) is 10.4. The fraction of sp³-hybridized carbons (Fsp3) is 0.353. The lowest BCUT2D eigenvalue weighted by Gasteiger charge is -2.24. The molecule has 3 nitrogen and oxygen atoms in total. The van der Waals surface area contributed by atoms with Gasteiger partial charge in [-0.25, -0.2) is 4.39 Å². The molecule has 0 fully saturated rings. The SMILES string of the molecule is CC(Cc1ccccc1F)C(=O)NCC(C)(O)c1ccsc1. The van der Waals surface area contributed by atoms with Gasteiger partial charge in [0.2, 0.25) is 5.91 Å². The molecule has 2 unspecified atom stereocenters. The Balaban J connectivity index is 1.91. The molecule has 0 saturated heterocycles. The number of amides is 1. The minimum atomic E-state index is -1.10. The van der Waals surface area contributed by atoms with Crippen LogP contribution in [0.2, 0.25) is 0 Å². The number of hydrogen-bond donors (Lipinski definition) is 2. The smallest absolute Gasteiger partial charge is 0.223 e. The molecule has 1 aromatic carbocycles. The van der Waals surface area contributed by atoms with Gasteiger partial charge in [-0.1, -0.05) is 25.1 Å². The molecule has 2 N–H and O–H groups in total. The lowest BCUT2D eigenvalue weighted by Crippen LogP contribution is -2.40. The summed E-state index contributed by atoms with van der Waals surface area (Å²) in [5.74, 6) is -0.860. The Morgan fingerprint density at radius 1 is 1.41 bits per heavy atom. The van der Waals surface area contributed by atoms with Gasteiger partial charge in [-0.05, 0) is 47.4 Å². The fourth-order valence-electron chi connectivity index (χ4n) is 2.19. The topological polar surface area (TPSA) is 49.3 Å². The van der Waals surface area contributed by atoms with E-state index in [9.17, 15) is 14.3 Å². The first kappa shape index (κ1) is 16.6. The summed E-state index contributed by atoms with van der Waals surface area (Å²) in [5.41, 5.74) is 0.196. The summed E-state index contributed by atoms with van der Waals surface area (Å²) in [6.45, 7) is 3.54. The molecule has 0 spiro atoms. The second kappa shape index (κ2) is 7.03. The van der Waals surface area contributed by atoms with Crippen LogP contribution in [0.25, 0.3) is 0 Å². The van der Waals surface area contributed by atoms with Gasteiger partial charge in [0, 0.05) is 5.92 Å². The van der Waals surface area contributed by atoms with E-state index in [1.54, 1.807) is 32.0 Å². The van der Waals surface area contributed by atoms with Gasteiger partial charge in [-0.15, -0.1) is 0 Å². The number of nitrogens with one attached hydrogen (secondary N) is 1. The maximum absolute atomic E-state index is 13.6. The minimum Gasteiger partial charge on any atom is -0.384 e. The van der Waals surface area contributed by atoms with Gasteiger partial charge in [0.15, 0.2) is 0 Å². The lowest BCUT2D eigenvalue weighted by molar-refractivity contribution is -0.125. The van der Waals surface area contributed by atoms with Crippen molar-refractivity contribution in [2.75, 3.05) is 6.54 Å². The lowest BCUT2D eigenvalue weighted by atomic mass is 9.97. The van der Waals surface area contributed by atoms with Crippen LogP contribution in [0.5, 0.6) is 0 Å². The number of carbonyl (C=O) groups excluding carboxylic acids is 1. The summed E-state index contributed by atoms with van der Waals surface area (Å²) in [7, 11) is 0. The highest BCUT2D eigenvalue weighted by molar-refractivity contribution is 7.08. The molecule has 0 aliphatic heterocycles. The first-order valence-electron chi connectivity index (χ1n) is 7.16. The maximum Gasteiger partial charge on any atom is 0.223 e. The summed E-state index contributed by atoms with van der Waals surface area (Å²) in [4.78, 5) is 12.1. The van der Waals surface area contributed by atoms with E-state index in [2.05, 4.69) is 5.32 Å². The second-order valence-corrected chi connectivity index (χ2v) is 6.48. The largest absolute Gasteiger partial charge is 0.384 e. The van der Waals surface area contributed by atoms with Gasteiger partial charge in [-0.3, -0.25) is 4.79 Å². The quantitative estimate of drug-likeness (QED) is 0.859. The molecule has 1 heterocycles. The van der Waals surface area contributed by atoms with Crippen LogP contribution in [-0.2, 0) is 16.8 Å². The molecular formula is C17H20FNO2S. The number of thiophene rings is 1. The van der Waals surface area contributed by atoms with Crippen LogP contribution in [0.4, 0.5) is 4.39 Å². The van der Waals surface area contributed by atoms with Gasteiger partial charge in [0.05, 0.1) is 6.54 Å². The molecule has 0 radical (unpaired) electrons. The minimum absolute atomic E-state index is 0.129. The monoisotopic (exact) mass is 321 g/mol. The van der Waals surface area contributed by atoms with Crippen molar-refractivity contribution < 1.29 is 14.3 Å². The summed E-state index contributed by atoms with van der Waals surface area (Å²) in [6, 6.07) is 8.29. The number of halogens is 1. The van der Waals surface area contributed by atoms with Crippen molar-refractivity contribution in [1.29, 1.82) is 0 Å². The summed E-state index contributed by atoms with van der Waals surface area (Å²) in [6.07, 6.45) is 0.332. The molecular weight excluding hydrogens is 301 g/mol. The second-order valence-electron chi connectivity index (χ2n) is 5.70. The van der Waals surface area contributed by atoms with Crippen LogP contribution in [0.1, 0.15) is 25.0 Å². The summed E-state index contributed by atoms with van der Waals surface area (Å²) in [5, 5.41) is 16.9. The number of benzene rings is 1. The van der Waals surface area contributed by atoms with E-state index in [-0.39, 0.29) is 24.2 Å². The zero-order valence-corrected chi connectivity index (χ0v) is 13.5. The van der Waals surface area contributed by atoms with Crippen molar-refractivity contribution in [2.24, 2.45) is 5.92 Å². The van der Waals surface area contributed by atoms with E-state index in [1.165, 1.54) is 17.4 Å². The Morgan fingerprint density at radius 3 is 2.77 bits per heavy atom. The molecule has 0 aliphatic rings. The normalized spacial score (nSPS) is 15.1. The van der Waals surface area contributed by atoms with E-state index in [1.807, 2.05) is 16.8 Å². The molecule has 0 aliphatic carbocycles. The van der Waals surface area contributed by atoms with Gasteiger partial charge >= 0.3 is 0 Å². The van der Waals surface area contributed by atoms with Gasteiger partial charge in [0.25, 0.3) is 0 Å². The van der Waals surface area contributed by atoms with Crippen molar-refractivity contribution in [1.82, 2.24) is 5.32 Å². The molecule has 1 aromatic heterocycles. The Bertz CT molecular complexity index is 625. The highest BCUT2D eigenvalue weighted by Gasteiger charge is 2.25. The third kappa shape index (κ3) is 4.15. The van der Waals surface area contributed by atoms with E-state index < -0.39 is 5.60 Å². The fourth-order valence-corrected chi connectivity index (χ4v) is 2.98. The molecule has 1 amide bonds. The number of aliphatic hydroxyl groups is 1. The maximum atomic E-state index is 13.6. The molecule has 0 saturated carbocycles. The van der Waals surface area contributed by atoms with E-state index in [0.717, 1.165) is 5.56 Å². The van der Waals surface area contributed by atoms with Crippen LogP contribution in [0.3, 0.4) is 0 Å². The number of carbonyl (C=O) groups is 1. The molecule has 22 heavy (non-hydrogen) atoms. The summed E-state index contributed by atoms with van der Waals surface area (Å²) < 4.78 is 13.6. The Labute approximate surface area is 133 Å². The molecule has 2 rings (SSSR count). The van der Waals surface area contributed by atoms with E-state index in [0.29, 0.717) is 12.0 Å². The van der Waals surface area contributed by atoms with Gasteiger partial charge in [0.1, 0.15) is 11.4 Å². The van der Waals surface area contributed by atoms with E-state index in [4.69, 9.17) is 0 Å². The Morgan fingerprint density at radius 2 is 2.14 bits per heavy atom. The van der Waals surface area contributed by atoms with Crippen LogP contribution in [0.15, 0.2) is 41.1 Å². The third-order valence-corrected chi connectivity index (χ3v) is 4.36. The van der Waals surface area contributed by atoms with Gasteiger partial charge < -0.3 is 10.4 Å². The van der Waals surface area contributed by atoms with Crippen LogP contribution in [0, 0.1) is 11.7 Å². The number of rotatable bonds is 6. The highest BCUT2D eigenvalue weighted by atomic mass is 32.1.